The van der Waals surface area contributed by atoms with Crippen molar-refractivity contribution >= 4 is 13.7 Å². The predicted molar refractivity (Wildman–Crippen MR) is 242 cm³/mol. The number of hydrogen-bond donors (Lipinski definition) is 2. The highest BCUT2D eigenvalue weighted by Gasteiger charge is 2.23. The first-order chi connectivity index (χ1) is 27.5. The van der Waals surface area contributed by atoms with Crippen LogP contribution >= 0.6 is 7.82 Å². The van der Waals surface area contributed by atoms with Crippen LogP contribution in [0.3, 0.4) is 0 Å². The molecule has 0 aromatic heterocycles. The van der Waals surface area contributed by atoms with Gasteiger partial charge in [0.05, 0.1) is 39.9 Å². The molecule has 0 aliphatic rings. The van der Waals surface area contributed by atoms with Crippen molar-refractivity contribution in [2.45, 2.75) is 238 Å². The first-order valence-corrected chi connectivity index (χ1v) is 25.7. The third-order valence-corrected chi connectivity index (χ3v) is 11.9. The van der Waals surface area contributed by atoms with Crippen molar-refractivity contribution in [1.29, 1.82) is 0 Å². The van der Waals surface area contributed by atoms with Gasteiger partial charge < -0.3 is 28.8 Å². The van der Waals surface area contributed by atoms with Gasteiger partial charge in [-0.2, -0.15) is 0 Å². The number of aliphatic hydroxyl groups excluding tert-OH is 1. The summed E-state index contributed by atoms with van der Waals surface area (Å²) >= 11 is 0. The number of phosphoric ester groups is 1. The molecule has 57 heavy (non-hydrogen) atoms. The summed E-state index contributed by atoms with van der Waals surface area (Å²) in [4.78, 5) is 24.8. The Kier molecular flexibility index (Phi) is 39.7. The van der Waals surface area contributed by atoms with Crippen LogP contribution in [0.4, 0.5) is 0 Å². The summed E-state index contributed by atoms with van der Waals surface area (Å²) in [6, 6.07) is -0.895. The third kappa shape index (κ3) is 42.9. The number of amides is 1. The van der Waals surface area contributed by atoms with Crippen molar-refractivity contribution < 1.29 is 32.9 Å². The molecule has 1 amide bonds. The van der Waals surface area contributed by atoms with E-state index in [1.165, 1.54) is 167 Å². The van der Waals surface area contributed by atoms with Crippen LogP contribution < -0.4 is 10.2 Å². The summed E-state index contributed by atoms with van der Waals surface area (Å²) < 4.78 is 22.9. The minimum Gasteiger partial charge on any atom is -0.756 e. The summed E-state index contributed by atoms with van der Waals surface area (Å²) in [6.45, 7) is 4.45. The largest absolute Gasteiger partial charge is 0.756 e. The van der Waals surface area contributed by atoms with E-state index in [4.69, 9.17) is 9.05 Å². The van der Waals surface area contributed by atoms with E-state index in [1.807, 2.05) is 27.2 Å². The molecule has 2 N–H and O–H groups in total. The van der Waals surface area contributed by atoms with Crippen molar-refractivity contribution in [2.24, 2.45) is 0 Å². The van der Waals surface area contributed by atoms with Gasteiger partial charge in [-0.25, -0.2) is 0 Å². The zero-order valence-electron chi connectivity index (χ0n) is 38.3. The number of unbranched alkanes of at least 4 members (excludes halogenated alkanes) is 29. The Morgan fingerprint density at radius 1 is 0.596 bits per heavy atom. The minimum atomic E-state index is -4.57. The molecule has 0 aliphatic heterocycles. The number of allylic oxidation sites excluding steroid dienone is 3. The van der Waals surface area contributed by atoms with Crippen LogP contribution in [-0.2, 0) is 18.4 Å². The Morgan fingerprint density at radius 3 is 1.42 bits per heavy atom. The maximum atomic E-state index is 12.5. The predicted octanol–water partition coefficient (Wildman–Crippen LogP) is 13.1. The topological polar surface area (TPSA) is 108 Å². The van der Waals surface area contributed by atoms with Gasteiger partial charge in [0.1, 0.15) is 13.2 Å². The van der Waals surface area contributed by atoms with Gasteiger partial charge in [-0.15, -0.1) is 0 Å². The Bertz CT molecular complexity index is 984. The van der Waals surface area contributed by atoms with Gasteiger partial charge in [-0.05, 0) is 32.1 Å². The van der Waals surface area contributed by atoms with E-state index < -0.39 is 26.6 Å². The number of phosphoric acid groups is 1. The van der Waals surface area contributed by atoms with Crippen molar-refractivity contribution in [2.75, 3.05) is 40.9 Å². The van der Waals surface area contributed by atoms with Crippen molar-refractivity contribution in [3.05, 3.63) is 24.3 Å². The Morgan fingerprint density at radius 2 is 0.982 bits per heavy atom. The summed E-state index contributed by atoms with van der Waals surface area (Å²) in [5.41, 5.74) is 0. The summed E-state index contributed by atoms with van der Waals surface area (Å²) in [6.07, 6.45) is 49.3. The van der Waals surface area contributed by atoms with E-state index in [2.05, 4.69) is 31.3 Å². The van der Waals surface area contributed by atoms with Crippen molar-refractivity contribution in [1.82, 2.24) is 5.32 Å². The fourth-order valence-corrected chi connectivity index (χ4v) is 7.77. The molecular formula is C48H95N2O6P. The smallest absolute Gasteiger partial charge is 0.268 e. The molecule has 0 aromatic rings. The molecule has 8 nitrogen and oxygen atoms in total. The molecule has 0 spiro atoms. The maximum Gasteiger partial charge on any atom is 0.268 e. The molecule has 338 valence electrons. The lowest BCUT2D eigenvalue weighted by atomic mass is 10.0. The first kappa shape index (κ1) is 56.0. The quantitative estimate of drug-likeness (QED) is 0.0274. The van der Waals surface area contributed by atoms with E-state index in [0.717, 1.165) is 38.5 Å². The lowest BCUT2D eigenvalue weighted by molar-refractivity contribution is -0.870. The van der Waals surface area contributed by atoms with Gasteiger partial charge in [-0.1, -0.05) is 212 Å². The van der Waals surface area contributed by atoms with Crippen LogP contribution in [-0.4, -0.2) is 68.5 Å². The standard InChI is InChI=1S/C48H95N2O6P/c1-6-8-10-11-12-13-14-15-16-17-18-19-20-21-22-23-24-25-26-27-28-29-30-31-32-33-34-35-36-37-38-40-41-47(51)46(49-48(52)42-39-9-7-2)45-56-57(53,54)55-44-43-50(3,4)5/h35-36,40-41,46-47,51H,6-34,37-39,42-45H2,1-5H3,(H-,49,52,53,54)/b36-35+,41-40+. The normalized spacial score (nSPS) is 14.4. The van der Waals surface area contributed by atoms with Gasteiger partial charge in [0.15, 0.2) is 0 Å². The molecule has 9 heteroatoms. The number of aliphatic hydroxyl groups is 1. The van der Waals surface area contributed by atoms with E-state index in [9.17, 15) is 19.4 Å². The second-order valence-corrected chi connectivity index (χ2v) is 19.2. The Hall–Kier alpha value is -1.02. The highest BCUT2D eigenvalue weighted by Crippen LogP contribution is 2.38. The van der Waals surface area contributed by atoms with E-state index in [1.54, 1.807) is 6.08 Å². The lowest BCUT2D eigenvalue weighted by Crippen LogP contribution is -2.45. The highest BCUT2D eigenvalue weighted by atomic mass is 31.2. The Balaban J connectivity index is 3.84. The molecule has 0 rings (SSSR count). The van der Waals surface area contributed by atoms with Crippen LogP contribution in [0.1, 0.15) is 226 Å². The van der Waals surface area contributed by atoms with Gasteiger partial charge in [-0.3, -0.25) is 9.36 Å². The summed E-state index contributed by atoms with van der Waals surface area (Å²) in [5.74, 6) is -0.231. The van der Waals surface area contributed by atoms with Crippen molar-refractivity contribution in [3.63, 3.8) is 0 Å². The SMILES string of the molecule is CCCCCCCCCCCCCCCCCCCCCCCCCCCC/C=C/CC/C=C/C(O)C(COP(=O)([O-])OCC[N+](C)(C)C)NC(=O)CCCCC. The third-order valence-electron chi connectivity index (χ3n) is 10.9. The maximum absolute atomic E-state index is 12.5. The van der Waals surface area contributed by atoms with E-state index in [0.29, 0.717) is 17.4 Å². The highest BCUT2D eigenvalue weighted by molar-refractivity contribution is 7.45. The van der Waals surface area contributed by atoms with Gasteiger partial charge >= 0.3 is 0 Å². The van der Waals surface area contributed by atoms with Crippen LogP contribution in [0, 0.1) is 0 Å². The molecule has 0 saturated heterocycles. The van der Waals surface area contributed by atoms with Crippen LogP contribution in [0.2, 0.25) is 0 Å². The Labute approximate surface area is 354 Å². The number of likely N-dealkylation sites (N-methyl/N-ethyl adjacent to an activating group) is 1. The minimum absolute atomic E-state index is 0.00596. The molecular weight excluding hydrogens is 732 g/mol. The van der Waals surface area contributed by atoms with Crippen LogP contribution in [0.15, 0.2) is 24.3 Å². The van der Waals surface area contributed by atoms with Gasteiger partial charge in [0, 0.05) is 6.42 Å². The van der Waals surface area contributed by atoms with Crippen LogP contribution in [0.25, 0.3) is 0 Å². The van der Waals surface area contributed by atoms with Crippen LogP contribution in [0.5, 0.6) is 0 Å². The molecule has 0 bridgehead atoms. The molecule has 0 heterocycles. The second-order valence-electron chi connectivity index (χ2n) is 17.8. The van der Waals surface area contributed by atoms with Crippen molar-refractivity contribution in [3.8, 4) is 0 Å². The van der Waals surface area contributed by atoms with Gasteiger partial charge in [0.2, 0.25) is 5.91 Å². The molecule has 3 atom stereocenters. The number of nitrogens with zero attached hydrogens (tertiary/aromatic N) is 1. The van der Waals surface area contributed by atoms with E-state index >= 15 is 0 Å². The first-order valence-electron chi connectivity index (χ1n) is 24.2. The molecule has 0 fully saturated rings. The number of rotatable bonds is 44. The fraction of sp³-hybridized carbons (Fsp3) is 0.896. The molecule has 0 aromatic carbocycles. The average molecular weight is 827 g/mol. The summed E-state index contributed by atoms with van der Waals surface area (Å²) in [5, 5.41) is 13.5. The van der Waals surface area contributed by atoms with Gasteiger partial charge in [0.25, 0.3) is 7.82 Å². The number of nitrogens with one attached hydrogen (secondary N) is 1. The number of hydrogen-bond acceptors (Lipinski definition) is 6. The molecule has 0 saturated carbocycles. The number of carbonyl (C=O) groups is 1. The molecule has 3 unspecified atom stereocenters. The lowest BCUT2D eigenvalue weighted by Gasteiger charge is -2.29. The monoisotopic (exact) mass is 827 g/mol. The molecule has 0 radical (unpaired) electrons. The zero-order chi connectivity index (χ0) is 42.1. The summed E-state index contributed by atoms with van der Waals surface area (Å²) in [7, 11) is 1.24. The second kappa shape index (κ2) is 40.4. The number of carbonyl (C=O) groups excluding carboxylic acids is 1. The zero-order valence-corrected chi connectivity index (χ0v) is 39.2. The fourth-order valence-electron chi connectivity index (χ4n) is 7.05. The number of quaternary nitrogens is 1. The average Bonchev–Trinajstić information content (AvgIpc) is 3.16. The van der Waals surface area contributed by atoms with E-state index in [-0.39, 0.29) is 12.5 Å². The molecule has 0 aliphatic carbocycles.